The highest BCUT2D eigenvalue weighted by molar-refractivity contribution is 6.21. The number of carbonyl (C=O) groups is 3. The number of ether oxygens (including phenoxy) is 1. The van der Waals surface area contributed by atoms with E-state index < -0.39 is 11.9 Å². The smallest absolute Gasteiger partial charge is 0.350 e. The molecule has 1 aromatic carbocycles. The molecule has 1 atom stereocenters. The van der Waals surface area contributed by atoms with Crippen LogP contribution >= 0.6 is 0 Å². The average Bonchev–Trinajstić information content (AvgIpc) is 2.72. The van der Waals surface area contributed by atoms with Crippen LogP contribution in [0.2, 0.25) is 0 Å². The van der Waals surface area contributed by atoms with Gasteiger partial charge in [0, 0.05) is 19.5 Å². The Kier molecular flexibility index (Phi) is 6.37. The van der Waals surface area contributed by atoms with Crippen LogP contribution in [-0.4, -0.2) is 42.1 Å². The van der Waals surface area contributed by atoms with Crippen molar-refractivity contribution in [2.24, 2.45) is 10.9 Å². The zero-order valence-electron chi connectivity index (χ0n) is 15.8. The lowest BCUT2D eigenvalue weighted by Gasteiger charge is -2.28. The van der Waals surface area contributed by atoms with Crippen molar-refractivity contribution in [1.29, 1.82) is 0 Å². The lowest BCUT2D eigenvalue weighted by atomic mass is 9.95. The Morgan fingerprint density at radius 1 is 1.18 bits per heavy atom. The maximum absolute atomic E-state index is 12.5. The summed E-state index contributed by atoms with van der Waals surface area (Å²) in [5.41, 5.74) is 1.48. The number of nitrogens with one attached hydrogen (secondary N) is 1. The van der Waals surface area contributed by atoms with Gasteiger partial charge in [-0.2, -0.15) is 4.99 Å². The Morgan fingerprint density at radius 2 is 1.96 bits per heavy atom. The van der Waals surface area contributed by atoms with Gasteiger partial charge in [-0.05, 0) is 36.6 Å². The Hall–Kier alpha value is -3.22. The van der Waals surface area contributed by atoms with Crippen molar-refractivity contribution in [2.75, 3.05) is 13.7 Å². The topological polar surface area (TPSA) is 88.1 Å². The van der Waals surface area contributed by atoms with Crippen molar-refractivity contribution in [3.05, 3.63) is 54.1 Å². The molecule has 2 aliphatic rings. The van der Waals surface area contributed by atoms with Crippen molar-refractivity contribution >= 4 is 23.6 Å². The van der Waals surface area contributed by atoms with Crippen molar-refractivity contribution in [1.82, 2.24) is 10.2 Å². The van der Waals surface area contributed by atoms with Crippen LogP contribution in [-0.2, 0) is 16.1 Å². The standard InChI is InChI=1S/C21H23N3O4/c1-28-16-11-9-15(10-12-16)14-22-19(25)8-4-5-13-24-20(26)17-6-2-3-7-18(17)23-21(24)27/h2-3,6-7,9-12,17H,4-5,8,13-14H2,1H3,(H,22,25). The number of hydrogen-bond acceptors (Lipinski definition) is 4. The lowest BCUT2D eigenvalue weighted by Crippen LogP contribution is -2.46. The number of allylic oxidation sites excluding steroid dienone is 3. The van der Waals surface area contributed by atoms with E-state index in [0.29, 0.717) is 31.5 Å². The Morgan fingerprint density at radius 3 is 2.71 bits per heavy atom. The summed E-state index contributed by atoms with van der Waals surface area (Å²) >= 11 is 0. The molecule has 3 rings (SSSR count). The monoisotopic (exact) mass is 381 g/mol. The number of benzene rings is 1. The van der Waals surface area contributed by atoms with Gasteiger partial charge >= 0.3 is 6.03 Å². The van der Waals surface area contributed by atoms with E-state index in [2.05, 4.69) is 10.3 Å². The number of fused-ring (bicyclic) bond motifs is 1. The molecule has 7 nitrogen and oxygen atoms in total. The van der Waals surface area contributed by atoms with E-state index in [0.717, 1.165) is 11.3 Å². The fourth-order valence-corrected chi connectivity index (χ4v) is 3.07. The number of urea groups is 1. The number of aliphatic imine (C=N–C) groups is 1. The largest absolute Gasteiger partial charge is 0.497 e. The first-order valence-electron chi connectivity index (χ1n) is 9.27. The summed E-state index contributed by atoms with van der Waals surface area (Å²) in [5.74, 6) is -0.0177. The van der Waals surface area contributed by atoms with Gasteiger partial charge < -0.3 is 10.1 Å². The Bertz CT molecular complexity index is 840. The minimum absolute atomic E-state index is 0.0622. The molecule has 0 fully saturated rings. The molecule has 0 saturated carbocycles. The second-order valence-electron chi connectivity index (χ2n) is 6.61. The zero-order valence-corrected chi connectivity index (χ0v) is 15.8. The first-order chi connectivity index (χ1) is 13.6. The summed E-state index contributed by atoms with van der Waals surface area (Å²) in [5, 5.41) is 2.86. The molecule has 7 heteroatoms. The summed E-state index contributed by atoms with van der Waals surface area (Å²) < 4.78 is 5.10. The number of methoxy groups -OCH3 is 1. The first-order valence-corrected chi connectivity index (χ1v) is 9.27. The maximum atomic E-state index is 12.5. The fourth-order valence-electron chi connectivity index (χ4n) is 3.07. The van der Waals surface area contributed by atoms with Crippen LogP contribution in [0.25, 0.3) is 0 Å². The maximum Gasteiger partial charge on any atom is 0.350 e. The summed E-state index contributed by atoms with van der Waals surface area (Å²) in [6.07, 6.45) is 8.46. The number of carbonyl (C=O) groups excluding carboxylic acids is 3. The highest BCUT2D eigenvalue weighted by Crippen LogP contribution is 2.20. The summed E-state index contributed by atoms with van der Waals surface area (Å²) in [6.45, 7) is 0.721. The number of unbranched alkanes of at least 4 members (excludes halogenated alkanes) is 1. The Labute approximate surface area is 163 Å². The zero-order chi connectivity index (χ0) is 19.9. The SMILES string of the molecule is COc1ccc(CNC(=O)CCCCN2C(=O)N=C3C=CC=CC3C2=O)cc1. The van der Waals surface area contributed by atoms with Crippen LogP contribution in [0.15, 0.2) is 53.6 Å². The first kappa shape index (κ1) is 19.5. The van der Waals surface area contributed by atoms with E-state index in [4.69, 9.17) is 4.74 Å². The molecular formula is C21H23N3O4. The predicted octanol–water partition coefficient (Wildman–Crippen LogP) is 2.63. The van der Waals surface area contributed by atoms with Crippen molar-refractivity contribution in [2.45, 2.75) is 25.8 Å². The quantitative estimate of drug-likeness (QED) is 0.701. The van der Waals surface area contributed by atoms with Gasteiger partial charge in [-0.15, -0.1) is 0 Å². The van der Waals surface area contributed by atoms with Gasteiger partial charge in [0.1, 0.15) is 5.75 Å². The summed E-state index contributed by atoms with van der Waals surface area (Å²) in [6, 6.07) is 6.96. The molecular weight excluding hydrogens is 358 g/mol. The van der Waals surface area contributed by atoms with Crippen molar-refractivity contribution in [3.8, 4) is 5.75 Å². The van der Waals surface area contributed by atoms with Crippen molar-refractivity contribution in [3.63, 3.8) is 0 Å². The third kappa shape index (κ3) is 4.73. The number of imide groups is 1. The number of amides is 4. The van der Waals surface area contributed by atoms with Crippen LogP contribution in [0.3, 0.4) is 0 Å². The normalized spacial score (nSPS) is 18.0. The number of hydrogen-bond donors (Lipinski definition) is 1. The van der Waals surface area contributed by atoms with Gasteiger partial charge in [-0.25, -0.2) is 4.79 Å². The van der Waals surface area contributed by atoms with E-state index in [1.54, 1.807) is 31.4 Å². The molecule has 1 aliphatic carbocycles. The molecule has 1 unspecified atom stereocenters. The van der Waals surface area contributed by atoms with E-state index in [-0.39, 0.29) is 18.4 Å². The molecule has 0 aromatic heterocycles. The molecule has 0 bridgehead atoms. The highest BCUT2D eigenvalue weighted by Gasteiger charge is 2.35. The molecule has 0 saturated heterocycles. The van der Waals surface area contributed by atoms with Gasteiger partial charge in [0.2, 0.25) is 11.8 Å². The van der Waals surface area contributed by atoms with Crippen LogP contribution in [0.5, 0.6) is 5.75 Å². The molecule has 0 spiro atoms. The van der Waals surface area contributed by atoms with Crippen LogP contribution < -0.4 is 10.1 Å². The highest BCUT2D eigenvalue weighted by atomic mass is 16.5. The second-order valence-corrected chi connectivity index (χ2v) is 6.61. The number of rotatable bonds is 8. The van der Waals surface area contributed by atoms with Crippen LogP contribution in [0, 0.1) is 5.92 Å². The minimum Gasteiger partial charge on any atom is -0.497 e. The fraction of sp³-hybridized carbons (Fsp3) is 0.333. The molecule has 0 radical (unpaired) electrons. The van der Waals surface area contributed by atoms with Gasteiger partial charge in [0.15, 0.2) is 0 Å². The van der Waals surface area contributed by atoms with Crippen molar-refractivity contribution < 1.29 is 19.1 Å². The molecule has 146 valence electrons. The third-order valence-electron chi connectivity index (χ3n) is 4.67. The van der Waals surface area contributed by atoms with Crippen LogP contribution in [0.1, 0.15) is 24.8 Å². The summed E-state index contributed by atoms with van der Waals surface area (Å²) in [4.78, 5) is 41.7. The lowest BCUT2D eigenvalue weighted by molar-refractivity contribution is -0.129. The third-order valence-corrected chi connectivity index (χ3v) is 4.67. The van der Waals surface area contributed by atoms with Gasteiger partial charge in [-0.1, -0.05) is 30.4 Å². The molecule has 4 amide bonds. The molecule has 1 heterocycles. The van der Waals surface area contributed by atoms with Crippen LogP contribution in [0.4, 0.5) is 4.79 Å². The summed E-state index contributed by atoms with van der Waals surface area (Å²) in [7, 11) is 1.61. The second kappa shape index (κ2) is 9.12. The molecule has 28 heavy (non-hydrogen) atoms. The van der Waals surface area contributed by atoms with E-state index in [1.807, 2.05) is 24.3 Å². The van der Waals surface area contributed by atoms with Gasteiger partial charge in [0.05, 0.1) is 18.7 Å². The molecule has 1 aliphatic heterocycles. The Balaban J connectivity index is 1.39. The van der Waals surface area contributed by atoms with Gasteiger partial charge in [0.25, 0.3) is 0 Å². The molecule has 1 N–H and O–H groups in total. The van der Waals surface area contributed by atoms with E-state index in [9.17, 15) is 14.4 Å². The van der Waals surface area contributed by atoms with Gasteiger partial charge in [-0.3, -0.25) is 14.5 Å². The van der Waals surface area contributed by atoms with E-state index in [1.165, 1.54) is 4.90 Å². The minimum atomic E-state index is -0.528. The predicted molar refractivity (Wildman–Crippen MR) is 105 cm³/mol. The number of nitrogens with zero attached hydrogens (tertiary/aromatic N) is 2. The molecule has 1 aromatic rings. The average molecular weight is 381 g/mol. The van der Waals surface area contributed by atoms with E-state index >= 15 is 0 Å².